The highest BCUT2D eigenvalue weighted by Gasteiger charge is 2.54. The number of carbonyl (C=O) groups is 1. The number of aliphatic hydroxyl groups is 11. The van der Waals surface area contributed by atoms with Crippen molar-refractivity contribution in [3.05, 3.63) is 60.8 Å². The second kappa shape index (κ2) is 67.9. The van der Waals surface area contributed by atoms with Crippen molar-refractivity contribution in [2.24, 2.45) is 0 Å². The van der Waals surface area contributed by atoms with E-state index in [-0.39, 0.29) is 18.9 Å². The van der Waals surface area contributed by atoms with Crippen LogP contribution in [0.1, 0.15) is 361 Å². The van der Waals surface area contributed by atoms with Crippen LogP contribution in [0.3, 0.4) is 0 Å². The molecule has 0 aromatic heterocycles. The first-order valence-electron chi connectivity index (χ1n) is 44.0. The van der Waals surface area contributed by atoms with E-state index in [0.29, 0.717) is 6.42 Å². The summed E-state index contributed by atoms with van der Waals surface area (Å²) in [6.45, 7) is 1.68. The predicted molar refractivity (Wildman–Crippen MR) is 429 cm³/mol. The van der Waals surface area contributed by atoms with Crippen LogP contribution in [0.5, 0.6) is 0 Å². The first-order chi connectivity index (χ1) is 52.3. The fourth-order valence-corrected chi connectivity index (χ4v) is 14.8. The van der Waals surface area contributed by atoms with E-state index < -0.39 is 124 Å². The summed E-state index contributed by atoms with van der Waals surface area (Å²) in [5.41, 5.74) is 0. The molecule has 1 amide bonds. The Morgan fingerprint density at radius 2 is 0.645 bits per heavy atom. The number of hydrogen-bond donors (Lipinski definition) is 12. The largest absolute Gasteiger partial charge is 0.394 e. The highest BCUT2D eigenvalue weighted by Crippen LogP contribution is 2.33. The van der Waals surface area contributed by atoms with E-state index in [9.17, 15) is 61.0 Å². The highest BCUT2D eigenvalue weighted by molar-refractivity contribution is 5.76. The molecule has 3 fully saturated rings. The van der Waals surface area contributed by atoms with Gasteiger partial charge in [-0.25, -0.2) is 0 Å². The lowest BCUT2D eigenvalue weighted by Gasteiger charge is -2.48. The number of aliphatic hydroxyl groups excluding tert-OH is 11. The number of rotatable bonds is 71. The van der Waals surface area contributed by atoms with Gasteiger partial charge in [-0.15, -0.1) is 0 Å². The molecule has 0 saturated carbocycles. The van der Waals surface area contributed by atoms with E-state index in [1.807, 2.05) is 6.08 Å². The van der Waals surface area contributed by atoms with E-state index in [4.69, 9.17) is 28.4 Å². The van der Waals surface area contributed by atoms with Crippen LogP contribution in [-0.4, -0.2) is 193 Å². The molecule has 0 bridgehead atoms. The zero-order chi connectivity index (χ0) is 77.4. The van der Waals surface area contributed by atoms with Gasteiger partial charge in [0.15, 0.2) is 18.9 Å². The second-order valence-electron chi connectivity index (χ2n) is 31.3. The Morgan fingerprint density at radius 1 is 0.346 bits per heavy atom. The maximum absolute atomic E-state index is 13.5. The number of hydrogen-bond acceptors (Lipinski definition) is 18. The molecule has 626 valence electrons. The molecule has 17 unspecified atom stereocenters. The van der Waals surface area contributed by atoms with Crippen LogP contribution in [0.25, 0.3) is 0 Å². The van der Waals surface area contributed by atoms with Gasteiger partial charge in [-0.3, -0.25) is 4.79 Å². The molecular formula is C88H161NO18. The smallest absolute Gasteiger partial charge is 0.220 e. The summed E-state index contributed by atoms with van der Waals surface area (Å²) in [6, 6.07) is -0.973. The summed E-state index contributed by atoms with van der Waals surface area (Å²) in [6.07, 6.45) is 62.4. The van der Waals surface area contributed by atoms with Crippen LogP contribution in [0, 0.1) is 0 Å². The molecule has 19 nitrogen and oxygen atoms in total. The van der Waals surface area contributed by atoms with E-state index in [1.54, 1.807) is 6.08 Å². The minimum Gasteiger partial charge on any atom is -0.394 e. The van der Waals surface area contributed by atoms with Crippen molar-refractivity contribution in [2.45, 2.75) is 465 Å². The maximum atomic E-state index is 13.5. The molecule has 107 heavy (non-hydrogen) atoms. The molecule has 0 aromatic rings. The van der Waals surface area contributed by atoms with E-state index >= 15 is 0 Å². The SMILES string of the molecule is CC/C=C\C/C=C\C/C=C\C/C=C\CCCCCCCCCCCCCCCCCCCCCCCCCCCCCCC(=O)NC(COC1OC(CO)C(OC2OC(CO)C(OC3OC(CO)C(O)C(O)C3O)C(O)C2O)C(O)C1O)C(O)/C=C/CCCCCCCCCCCCCCCCCCCCC. The Labute approximate surface area is 649 Å². The van der Waals surface area contributed by atoms with Crippen LogP contribution >= 0.6 is 0 Å². The van der Waals surface area contributed by atoms with E-state index in [1.165, 1.54) is 263 Å². The fourth-order valence-electron chi connectivity index (χ4n) is 14.8. The van der Waals surface area contributed by atoms with E-state index in [2.05, 4.69) is 67.8 Å². The number of carbonyl (C=O) groups excluding carboxylic acids is 1. The summed E-state index contributed by atoms with van der Waals surface area (Å²) < 4.78 is 34.5. The van der Waals surface area contributed by atoms with Gasteiger partial charge in [-0.05, 0) is 57.8 Å². The summed E-state index contributed by atoms with van der Waals surface area (Å²) in [5, 5.41) is 121. The number of allylic oxidation sites excluding steroid dienone is 9. The normalized spacial score (nSPS) is 25.8. The zero-order valence-corrected chi connectivity index (χ0v) is 67.4. The second-order valence-corrected chi connectivity index (χ2v) is 31.3. The standard InChI is InChI=1S/C88H161NO18/c1-3-5-7-9-11-13-15-17-19-21-23-25-26-27-28-29-30-31-32-33-34-35-36-37-38-39-40-41-42-43-44-46-48-50-52-54-56-58-60-62-64-66-76(94)89-71(72(93)65-63-61-59-57-55-53-51-49-47-45-24-22-20-18-16-14-12-10-8-6-4-2)70-102-86-82(100)79(97)84(74(68-91)104-86)107-88-83(101)80(98)85(75(69-92)105-88)106-87-81(99)78(96)77(95)73(67-90)103-87/h5,7,11,13,17,19,23,25,63,65,71-75,77-88,90-93,95-101H,3-4,6,8-10,12,14-16,18,20-22,24,26-62,64,66-70H2,1-2H3,(H,89,94)/b7-5-,13-11-,19-17-,25-23-,65-63+. The Balaban J connectivity index is 1.29. The van der Waals surface area contributed by atoms with Gasteiger partial charge in [-0.2, -0.15) is 0 Å². The summed E-state index contributed by atoms with van der Waals surface area (Å²) in [7, 11) is 0. The summed E-state index contributed by atoms with van der Waals surface area (Å²) in [4.78, 5) is 13.5. The van der Waals surface area contributed by atoms with Gasteiger partial charge >= 0.3 is 0 Å². The summed E-state index contributed by atoms with van der Waals surface area (Å²) >= 11 is 0. The molecule has 12 N–H and O–H groups in total. The van der Waals surface area contributed by atoms with Gasteiger partial charge in [0.2, 0.25) is 5.91 Å². The Bertz CT molecular complexity index is 2160. The van der Waals surface area contributed by atoms with Gasteiger partial charge in [0, 0.05) is 6.42 Å². The molecule has 0 spiro atoms. The van der Waals surface area contributed by atoms with Crippen molar-refractivity contribution < 1.29 is 89.4 Å². The monoisotopic (exact) mass is 1520 g/mol. The predicted octanol–water partition coefficient (Wildman–Crippen LogP) is 16.2. The van der Waals surface area contributed by atoms with Gasteiger partial charge in [0.05, 0.1) is 38.6 Å². The first kappa shape index (κ1) is 98.7. The van der Waals surface area contributed by atoms with Gasteiger partial charge in [0.1, 0.15) is 73.2 Å². The molecule has 3 rings (SSSR count). The van der Waals surface area contributed by atoms with Crippen molar-refractivity contribution in [3.63, 3.8) is 0 Å². The third kappa shape index (κ3) is 47.1. The Hall–Kier alpha value is -2.51. The lowest BCUT2D eigenvalue weighted by molar-refractivity contribution is -0.379. The lowest BCUT2D eigenvalue weighted by atomic mass is 9.96. The molecule has 19 heteroatoms. The topological polar surface area (TPSA) is 307 Å². The van der Waals surface area contributed by atoms with Crippen LogP contribution in [0.2, 0.25) is 0 Å². The number of amides is 1. The van der Waals surface area contributed by atoms with Crippen molar-refractivity contribution >= 4 is 5.91 Å². The molecule has 3 aliphatic rings. The quantitative estimate of drug-likeness (QED) is 0.0199. The van der Waals surface area contributed by atoms with Crippen LogP contribution < -0.4 is 5.32 Å². The third-order valence-corrected chi connectivity index (χ3v) is 21.8. The van der Waals surface area contributed by atoms with Crippen LogP contribution in [-0.2, 0) is 33.2 Å². The van der Waals surface area contributed by atoms with Crippen LogP contribution in [0.4, 0.5) is 0 Å². The minimum absolute atomic E-state index is 0.247. The van der Waals surface area contributed by atoms with Gasteiger partial charge in [0.25, 0.3) is 0 Å². The third-order valence-electron chi connectivity index (χ3n) is 21.8. The summed E-state index contributed by atoms with van der Waals surface area (Å²) in [5.74, 6) is -0.268. The Kier molecular flexibility index (Phi) is 62.7. The van der Waals surface area contributed by atoms with Crippen LogP contribution in [0.15, 0.2) is 60.8 Å². The van der Waals surface area contributed by atoms with Gasteiger partial charge in [-0.1, -0.05) is 357 Å². The lowest BCUT2D eigenvalue weighted by Crippen LogP contribution is -2.66. The van der Waals surface area contributed by atoms with Gasteiger partial charge < -0.3 is 89.9 Å². The van der Waals surface area contributed by atoms with Crippen molar-refractivity contribution in [2.75, 3.05) is 26.4 Å². The molecule has 0 aliphatic carbocycles. The average Bonchev–Trinajstić information content (AvgIpc) is 0.782. The number of ether oxygens (including phenoxy) is 6. The number of nitrogens with one attached hydrogen (secondary N) is 1. The fraction of sp³-hybridized carbons (Fsp3) is 0.875. The maximum Gasteiger partial charge on any atom is 0.220 e. The molecule has 3 saturated heterocycles. The molecule has 3 heterocycles. The van der Waals surface area contributed by atoms with Crippen molar-refractivity contribution in [1.82, 2.24) is 5.32 Å². The van der Waals surface area contributed by atoms with E-state index in [0.717, 1.165) is 70.6 Å². The average molecular weight is 1520 g/mol. The molecule has 0 radical (unpaired) electrons. The first-order valence-corrected chi connectivity index (χ1v) is 44.0. The zero-order valence-electron chi connectivity index (χ0n) is 67.4. The minimum atomic E-state index is -1.98. The van der Waals surface area contributed by atoms with Crippen molar-refractivity contribution in [3.8, 4) is 0 Å². The highest BCUT2D eigenvalue weighted by atomic mass is 16.8. The molecule has 17 atom stereocenters. The molecular weight excluding hydrogens is 1360 g/mol. The number of unbranched alkanes of at least 4 members (excludes halogenated alkanes) is 47. The Morgan fingerprint density at radius 3 is 1.01 bits per heavy atom. The van der Waals surface area contributed by atoms with Crippen molar-refractivity contribution in [1.29, 1.82) is 0 Å². The molecule has 3 aliphatic heterocycles. The molecule has 0 aromatic carbocycles.